The van der Waals surface area contributed by atoms with E-state index in [9.17, 15) is 9.59 Å². The van der Waals surface area contributed by atoms with Crippen LogP contribution in [0.5, 0.6) is 0 Å². The molecule has 0 spiro atoms. The molecule has 0 radical (unpaired) electrons. The van der Waals surface area contributed by atoms with Crippen molar-refractivity contribution in [3.05, 3.63) is 0 Å². The number of nitrogens with one attached hydrogen (secondary N) is 1. The lowest BCUT2D eigenvalue weighted by atomic mass is 10.0. The summed E-state index contributed by atoms with van der Waals surface area (Å²) in [7, 11) is 1.64. The first kappa shape index (κ1) is 45.7. The largest absolute Gasteiger partial charge is 0.382 e. The molecule has 0 aliphatic heterocycles. The molecule has 0 bridgehead atoms. The average molecular weight is 686 g/mol. The Bertz CT molecular complexity index is 674. The Labute approximate surface area is 281 Å². The number of hydrogen-bond acceptors (Lipinski definition) is 14. The first-order chi connectivity index (χ1) is 23.0. The van der Waals surface area contributed by atoms with Crippen LogP contribution in [-0.4, -0.2) is 177 Å². The van der Waals surface area contributed by atoms with Crippen molar-refractivity contribution in [2.24, 2.45) is 5.92 Å². The fraction of sp³-hybridized carbons (Fsp3) is 0.938. The molecule has 15 heteroatoms. The summed E-state index contributed by atoms with van der Waals surface area (Å²) in [4.78, 5) is 23.8. The Balaban J connectivity index is 3.17. The molecule has 0 saturated carbocycles. The Kier molecular flexibility index (Phi) is 36.4. The summed E-state index contributed by atoms with van der Waals surface area (Å²) < 4.78 is 64.5. The summed E-state index contributed by atoms with van der Waals surface area (Å²) in [6.07, 6.45) is 0.161. The molecule has 280 valence electrons. The lowest BCUT2D eigenvalue weighted by molar-refractivity contribution is -0.131. The van der Waals surface area contributed by atoms with E-state index in [1.165, 1.54) is 0 Å². The van der Waals surface area contributed by atoms with E-state index in [1.807, 2.05) is 13.8 Å². The Morgan fingerprint density at radius 2 is 0.681 bits per heavy atom. The van der Waals surface area contributed by atoms with Crippen LogP contribution in [0.3, 0.4) is 0 Å². The van der Waals surface area contributed by atoms with Crippen molar-refractivity contribution in [2.75, 3.05) is 159 Å². The summed E-state index contributed by atoms with van der Waals surface area (Å²) in [5.74, 6) is -0.597. The molecule has 1 atom stereocenters. The molecule has 1 amide bonds. The van der Waals surface area contributed by atoms with E-state index in [0.29, 0.717) is 145 Å². The molecule has 1 N–H and O–H groups in total. The first-order valence-corrected chi connectivity index (χ1v) is 16.6. The molecule has 0 aromatic rings. The summed E-state index contributed by atoms with van der Waals surface area (Å²) >= 11 is 0. The number of hydrogen-bond donors (Lipinski definition) is 1. The third-order valence-electron chi connectivity index (χ3n) is 5.83. The highest BCUT2D eigenvalue weighted by molar-refractivity contribution is 5.87. The standard InChI is InChI=1S/C32H63NO14/c1-29(2)33-32(35)30(3)27-31(34)28-47-26-25-46-24-23-45-22-21-44-20-19-43-18-17-42-16-15-41-14-13-40-12-11-39-10-9-38-8-7-37-6-5-36-4/h29-30H,5-28H2,1-4H3,(H,33,35)/t30-/m0/s1. The van der Waals surface area contributed by atoms with Crippen molar-refractivity contribution in [1.29, 1.82) is 0 Å². The number of carbonyl (C=O) groups is 2. The number of ether oxygens (including phenoxy) is 12. The van der Waals surface area contributed by atoms with E-state index < -0.39 is 0 Å². The smallest absolute Gasteiger partial charge is 0.223 e. The second kappa shape index (κ2) is 37.5. The van der Waals surface area contributed by atoms with Crippen molar-refractivity contribution in [2.45, 2.75) is 33.2 Å². The predicted molar refractivity (Wildman–Crippen MR) is 173 cm³/mol. The maximum absolute atomic E-state index is 11.9. The van der Waals surface area contributed by atoms with Crippen molar-refractivity contribution < 1.29 is 66.4 Å². The third-order valence-corrected chi connectivity index (χ3v) is 5.83. The maximum Gasteiger partial charge on any atom is 0.223 e. The van der Waals surface area contributed by atoms with E-state index in [1.54, 1.807) is 14.0 Å². The van der Waals surface area contributed by atoms with E-state index in [2.05, 4.69) is 5.32 Å². The lowest BCUT2D eigenvalue weighted by Crippen LogP contribution is -2.35. The zero-order chi connectivity index (χ0) is 34.5. The molecule has 0 saturated heterocycles. The highest BCUT2D eigenvalue weighted by Crippen LogP contribution is 2.04. The molecule has 0 unspecified atom stereocenters. The molecular weight excluding hydrogens is 622 g/mol. The third kappa shape index (κ3) is 37.3. The van der Waals surface area contributed by atoms with Gasteiger partial charge in [0.25, 0.3) is 0 Å². The molecule has 47 heavy (non-hydrogen) atoms. The van der Waals surface area contributed by atoms with Crippen LogP contribution in [0.25, 0.3) is 0 Å². The van der Waals surface area contributed by atoms with Gasteiger partial charge in [0.2, 0.25) is 5.91 Å². The van der Waals surface area contributed by atoms with Crippen LogP contribution in [-0.2, 0) is 66.4 Å². The van der Waals surface area contributed by atoms with Gasteiger partial charge in [-0.3, -0.25) is 9.59 Å². The second-order valence-electron chi connectivity index (χ2n) is 10.5. The van der Waals surface area contributed by atoms with Gasteiger partial charge in [-0.1, -0.05) is 6.92 Å². The molecule has 0 heterocycles. The van der Waals surface area contributed by atoms with Crippen molar-refractivity contribution >= 4 is 11.7 Å². The summed E-state index contributed by atoms with van der Waals surface area (Å²) in [5, 5.41) is 2.80. The second-order valence-corrected chi connectivity index (χ2v) is 10.5. The van der Waals surface area contributed by atoms with Crippen LogP contribution in [0.4, 0.5) is 0 Å². The van der Waals surface area contributed by atoms with Gasteiger partial charge < -0.3 is 62.2 Å². The molecule has 0 aliphatic carbocycles. The molecule has 0 rings (SSSR count). The van der Waals surface area contributed by atoms with E-state index in [0.717, 1.165) is 0 Å². The van der Waals surface area contributed by atoms with Gasteiger partial charge in [0, 0.05) is 25.5 Å². The van der Waals surface area contributed by atoms with Gasteiger partial charge >= 0.3 is 0 Å². The van der Waals surface area contributed by atoms with Gasteiger partial charge in [-0.15, -0.1) is 0 Å². The molecule has 0 aromatic heterocycles. The molecular formula is C32H63NO14. The van der Waals surface area contributed by atoms with Crippen LogP contribution >= 0.6 is 0 Å². The van der Waals surface area contributed by atoms with E-state index >= 15 is 0 Å². The van der Waals surface area contributed by atoms with Crippen LogP contribution < -0.4 is 5.32 Å². The zero-order valence-electron chi connectivity index (χ0n) is 29.3. The van der Waals surface area contributed by atoms with Crippen LogP contribution in [0, 0.1) is 5.92 Å². The van der Waals surface area contributed by atoms with Gasteiger partial charge in [-0.2, -0.15) is 0 Å². The highest BCUT2D eigenvalue weighted by atomic mass is 16.6. The SMILES string of the molecule is COCCOCCOCCOCCOCCOCCOCCOCCOCCOCCOCCOCC(=O)C[C@H](C)C(=O)NC(C)C. The van der Waals surface area contributed by atoms with Crippen molar-refractivity contribution in [3.63, 3.8) is 0 Å². The van der Waals surface area contributed by atoms with Gasteiger partial charge in [-0.25, -0.2) is 0 Å². The number of amides is 1. The minimum atomic E-state index is -0.370. The number of rotatable bonds is 39. The molecule has 0 aromatic carbocycles. The van der Waals surface area contributed by atoms with Gasteiger partial charge in [0.15, 0.2) is 5.78 Å². The molecule has 0 fully saturated rings. The predicted octanol–water partition coefficient (Wildman–Crippen LogP) is 0.935. The highest BCUT2D eigenvalue weighted by Gasteiger charge is 2.17. The number of Topliss-reactive ketones (excluding diaryl/α,β-unsaturated/α-hetero) is 1. The number of carbonyl (C=O) groups excluding carboxylic acids is 2. The Morgan fingerprint density at radius 3 is 0.936 bits per heavy atom. The number of ketones is 1. The first-order valence-electron chi connectivity index (χ1n) is 16.6. The Morgan fingerprint density at radius 1 is 0.426 bits per heavy atom. The molecule has 0 aliphatic rings. The lowest BCUT2D eigenvalue weighted by Gasteiger charge is -2.14. The van der Waals surface area contributed by atoms with Gasteiger partial charge in [-0.05, 0) is 13.8 Å². The quantitative estimate of drug-likeness (QED) is 0.0912. The topological polar surface area (TPSA) is 157 Å². The average Bonchev–Trinajstić information content (AvgIpc) is 3.04. The Hall–Kier alpha value is -1.34. The summed E-state index contributed by atoms with van der Waals surface area (Å²) in [6, 6.07) is 0.0518. The van der Waals surface area contributed by atoms with Gasteiger partial charge in [0.1, 0.15) is 6.61 Å². The van der Waals surface area contributed by atoms with Crippen LogP contribution in [0.2, 0.25) is 0 Å². The summed E-state index contributed by atoms with van der Waals surface area (Å²) in [5.41, 5.74) is 0. The zero-order valence-corrected chi connectivity index (χ0v) is 29.3. The normalized spacial score (nSPS) is 12.2. The fourth-order valence-corrected chi connectivity index (χ4v) is 3.45. The van der Waals surface area contributed by atoms with Crippen molar-refractivity contribution in [3.8, 4) is 0 Å². The maximum atomic E-state index is 11.9. The van der Waals surface area contributed by atoms with Crippen LogP contribution in [0.15, 0.2) is 0 Å². The number of methoxy groups -OCH3 is 1. The minimum Gasteiger partial charge on any atom is -0.382 e. The fourth-order valence-electron chi connectivity index (χ4n) is 3.45. The monoisotopic (exact) mass is 685 g/mol. The van der Waals surface area contributed by atoms with Crippen molar-refractivity contribution in [1.82, 2.24) is 5.32 Å². The van der Waals surface area contributed by atoms with Crippen LogP contribution in [0.1, 0.15) is 27.2 Å². The molecule has 15 nitrogen and oxygen atoms in total. The summed E-state index contributed by atoms with van der Waals surface area (Å²) in [6.45, 7) is 16.2. The minimum absolute atomic E-state index is 0.0248. The van der Waals surface area contributed by atoms with Gasteiger partial charge in [0.05, 0.1) is 145 Å². The van der Waals surface area contributed by atoms with E-state index in [4.69, 9.17) is 56.8 Å². The van der Waals surface area contributed by atoms with E-state index in [-0.39, 0.29) is 36.7 Å².